The van der Waals surface area contributed by atoms with Gasteiger partial charge in [-0.15, -0.1) is 0 Å². The molecule has 40 heavy (non-hydrogen) atoms. The van der Waals surface area contributed by atoms with Crippen LogP contribution < -0.4 is 4.90 Å². The van der Waals surface area contributed by atoms with Crippen LogP contribution in [-0.2, 0) is 6.54 Å². The number of alkyl halides is 2. The van der Waals surface area contributed by atoms with Gasteiger partial charge in [0, 0.05) is 23.4 Å². The van der Waals surface area contributed by atoms with Crippen molar-refractivity contribution >= 4 is 22.9 Å². The molecule has 2 heterocycles. The minimum Gasteiger partial charge on any atom is -0.309 e. The minimum atomic E-state index is -2.53. The summed E-state index contributed by atoms with van der Waals surface area (Å²) in [7, 11) is 0. The van der Waals surface area contributed by atoms with Crippen molar-refractivity contribution in [1.82, 2.24) is 4.90 Å². The van der Waals surface area contributed by atoms with Crippen molar-refractivity contribution in [1.29, 1.82) is 0 Å². The summed E-state index contributed by atoms with van der Waals surface area (Å²) in [6, 6.07) is 20.7. The molecule has 0 spiro atoms. The zero-order valence-electron chi connectivity index (χ0n) is 23.1. The largest absolute Gasteiger partial charge is 0.315 e. The van der Waals surface area contributed by atoms with Crippen LogP contribution in [0.25, 0.3) is 17.2 Å². The average Bonchev–Trinajstić information content (AvgIpc) is 3.11. The lowest BCUT2D eigenvalue weighted by Crippen LogP contribution is -2.48. The fourth-order valence-corrected chi connectivity index (χ4v) is 6.64. The molecule has 3 aromatic carbocycles. The summed E-state index contributed by atoms with van der Waals surface area (Å²) >= 11 is 0. The highest BCUT2D eigenvalue weighted by molar-refractivity contribution is 5.86. The van der Waals surface area contributed by atoms with Crippen molar-refractivity contribution in [3.63, 3.8) is 0 Å². The Morgan fingerprint density at radius 3 is 2.35 bits per heavy atom. The van der Waals surface area contributed by atoms with Crippen LogP contribution in [0.1, 0.15) is 60.9 Å². The van der Waals surface area contributed by atoms with E-state index < -0.39 is 6.55 Å². The number of para-hydroxylation sites is 1. The first-order valence-electron chi connectivity index (χ1n) is 14.2. The van der Waals surface area contributed by atoms with Crippen LogP contribution in [0.4, 0.5) is 18.9 Å². The lowest BCUT2D eigenvalue weighted by Gasteiger charge is -2.43. The Kier molecular flexibility index (Phi) is 7.41. The fraction of sp³-hybridized carbons (Fsp3) is 0.314. The van der Waals surface area contributed by atoms with E-state index in [0.29, 0.717) is 11.3 Å². The van der Waals surface area contributed by atoms with E-state index in [2.05, 4.69) is 48.3 Å². The first-order valence-corrected chi connectivity index (χ1v) is 14.2. The van der Waals surface area contributed by atoms with Crippen LogP contribution in [0.15, 0.2) is 84.5 Å². The van der Waals surface area contributed by atoms with Gasteiger partial charge < -0.3 is 4.90 Å². The van der Waals surface area contributed by atoms with Gasteiger partial charge in [0.05, 0.1) is 6.04 Å². The molecule has 1 saturated heterocycles. The molecule has 1 aliphatic carbocycles. The summed E-state index contributed by atoms with van der Waals surface area (Å²) in [5.74, 6) is -0.0252. The number of halogens is 3. The first-order chi connectivity index (χ1) is 19.4. The smallest absolute Gasteiger partial charge is 0.309 e. The molecule has 0 bridgehead atoms. The Bertz CT molecular complexity index is 1490. The van der Waals surface area contributed by atoms with Crippen LogP contribution in [-0.4, -0.2) is 30.6 Å². The molecule has 2 nitrogen and oxygen atoms in total. The minimum absolute atomic E-state index is 0.180. The number of rotatable bonds is 5. The molecule has 1 unspecified atom stereocenters. The van der Waals surface area contributed by atoms with Crippen LogP contribution in [0.2, 0.25) is 0 Å². The topological polar surface area (TPSA) is 6.48 Å². The number of benzene rings is 3. The Morgan fingerprint density at radius 1 is 0.875 bits per heavy atom. The van der Waals surface area contributed by atoms with Gasteiger partial charge in [0.1, 0.15) is 5.82 Å². The standard InChI is InChI=1S/C35H35F3N2/c1-23-11-13-30(31-8-3-5-9-32(31)36)29-14-12-25(21-27(29)19-23)22-39-17-15-26(16-18-39)34-20-24(2)28-7-4-6-10-33(28)40(34)35(37)38/h3-10,12-14,19-21,26,34-35H,11,15-18,22H2,1-2H3. The SMILES string of the molecule is CC1=Cc2cc(CN3CCC(C4C=C(C)c5ccccc5N4C(F)F)CC3)ccc2C(c2ccccc2F)=CC1. The summed E-state index contributed by atoms with van der Waals surface area (Å²) in [6.07, 6.45) is 8.94. The van der Waals surface area contributed by atoms with Gasteiger partial charge in [0.25, 0.3) is 0 Å². The van der Waals surface area contributed by atoms with E-state index in [1.807, 2.05) is 43.3 Å². The molecule has 5 heteroatoms. The van der Waals surface area contributed by atoms with Gasteiger partial charge in [-0.2, -0.15) is 8.78 Å². The Labute approximate surface area is 235 Å². The molecular weight excluding hydrogens is 505 g/mol. The molecule has 206 valence electrons. The number of hydrogen-bond acceptors (Lipinski definition) is 2. The van der Waals surface area contributed by atoms with Crippen molar-refractivity contribution in [2.45, 2.75) is 52.2 Å². The second-order valence-electron chi connectivity index (χ2n) is 11.4. The van der Waals surface area contributed by atoms with E-state index >= 15 is 0 Å². The lowest BCUT2D eigenvalue weighted by molar-refractivity contribution is 0.109. The molecule has 0 aromatic heterocycles. The van der Waals surface area contributed by atoms with Crippen molar-refractivity contribution < 1.29 is 13.2 Å². The number of likely N-dealkylation sites (tertiary alicyclic amines) is 1. The number of piperidine rings is 1. The van der Waals surface area contributed by atoms with Gasteiger partial charge in [-0.25, -0.2) is 4.39 Å². The summed E-state index contributed by atoms with van der Waals surface area (Å²) < 4.78 is 43.3. The maximum absolute atomic E-state index is 14.7. The highest BCUT2D eigenvalue weighted by Crippen LogP contribution is 2.40. The normalized spacial score (nSPS) is 19.9. The van der Waals surface area contributed by atoms with E-state index in [4.69, 9.17) is 0 Å². The number of anilines is 1. The number of nitrogens with zero attached hydrogens (tertiary/aromatic N) is 2. The van der Waals surface area contributed by atoms with E-state index in [1.54, 1.807) is 6.07 Å². The van der Waals surface area contributed by atoms with Gasteiger partial charge in [0.15, 0.2) is 0 Å². The Morgan fingerprint density at radius 2 is 1.60 bits per heavy atom. The molecule has 3 aliphatic rings. The van der Waals surface area contributed by atoms with E-state index in [0.717, 1.165) is 66.7 Å². The second-order valence-corrected chi connectivity index (χ2v) is 11.4. The van der Waals surface area contributed by atoms with Gasteiger partial charge in [0.2, 0.25) is 0 Å². The third kappa shape index (κ3) is 5.15. The average molecular weight is 541 g/mol. The Hall–Kier alpha value is -3.57. The molecule has 0 amide bonds. The maximum Gasteiger partial charge on any atom is 0.315 e. The highest BCUT2D eigenvalue weighted by Gasteiger charge is 2.37. The predicted molar refractivity (Wildman–Crippen MR) is 159 cm³/mol. The number of allylic oxidation sites excluding steroid dienone is 3. The summed E-state index contributed by atoms with van der Waals surface area (Å²) in [5, 5.41) is 0. The molecule has 0 saturated carbocycles. The summed E-state index contributed by atoms with van der Waals surface area (Å²) in [4.78, 5) is 3.75. The number of fused-ring (bicyclic) bond motifs is 2. The Balaban J connectivity index is 1.17. The lowest BCUT2D eigenvalue weighted by atomic mass is 9.83. The second kappa shape index (κ2) is 11.1. The van der Waals surface area contributed by atoms with Crippen LogP contribution >= 0.6 is 0 Å². The van der Waals surface area contributed by atoms with Gasteiger partial charge in [-0.05, 0) is 98.2 Å². The van der Waals surface area contributed by atoms with E-state index in [-0.39, 0.29) is 17.8 Å². The van der Waals surface area contributed by atoms with Gasteiger partial charge in [-0.1, -0.05) is 72.3 Å². The molecule has 6 rings (SSSR count). The molecule has 1 atom stereocenters. The van der Waals surface area contributed by atoms with Crippen molar-refractivity contribution in [2.24, 2.45) is 5.92 Å². The predicted octanol–water partition coefficient (Wildman–Crippen LogP) is 8.79. The van der Waals surface area contributed by atoms with Gasteiger partial charge in [-0.3, -0.25) is 4.90 Å². The highest BCUT2D eigenvalue weighted by atomic mass is 19.3. The zero-order chi connectivity index (χ0) is 27.8. The molecule has 0 radical (unpaired) electrons. The van der Waals surface area contributed by atoms with Crippen LogP contribution in [0.5, 0.6) is 0 Å². The van der Waals surface area contributed by atoms with Gasteiger partial charge >= 0.3 is 6.55 Å². The van der Waals surface area contributed by atoms with Crippen molar-refractivity contribution in [2.75, 3.05) is 18.0 Å². The molecule has 0 N–H and O–H groups in total. The van der Waals surface area contributed by atoms with E-state index in [9.17, 15) is 13.2 Å². The molecule has 3 aromatic rings. The quantitative estimate of drug-likeness (QED) is 0.299. The molecular formula is C35H35F3N2. The third-order valence-corrected chi connectivity index (χ3v) is 8.68. The monoisotopic (exact) mass is 540 g/mol. The van der Waals surface area contributed by atoms with E-state index in [1.165, 1.54) is 22.1 Å². The summed E-state index contributed by atoms with van der Waals surface area (Å²) in [6.45, 7) is 4.17. The van der Waals surface area contributed by atoms with Crippen molar-refractivity contribution in [3.05, 3.63) is 118 Å². The first kappa shape index (κ1) is 26.6. The fourth-order valence-electron chi connectivity index (χ4n) is 6.64. The maximum atomic E-state index is 14.7. The summed E-state index contributed by atoms with van der Waals surface area (Å²) in [5.41, 5.74) is 8.82. The van der Waals surface area contributed by atoms with Crippen molar-refractivity contribution in [3.8, 4) is 0 Å². The zero-order valence-corrected chi connectivity index (χ0v) is 23.1. The number of hydrogen-bond donors (Lipinski definition) is 0. The molecule has 1 fully saturated rings. The molecule has 2 aliphatic heterocycles. The van der Waals surface area contributed by atoms with Crippen LogP contribution in [0, 0.1) is 11.7 Å². The van der Waals surface area contributed by atoms with Crippen LogP contribution in [0.3, 0.4) is 0 Å². The third-order valence-electron chi connectivity index (χ3n) is 8.68.